The molecule has 0 aliphatic heterocycles. The molecule has 46 heavy (non-hydrogen) atoms. The SMILES string of the molecule is CCCCCCCCOc1ccc(-c2ccc(C(=O)Oc3ccc(C(=O)O[C@H]([C@@H](C)CCCCCC)C(F)(F)F)cc3)cc2)cc1. The molecule has 0 unspecified atom stereocenters. The number of benzene rings is 3. The van der Waals surface area contributed by atoms with Gasteiger partial charge in [0.1, 0.15) is 11.5 Å². The molecule has 0 aliphatic carbocycles. The van der Waals surface area contributed by atoms with Gasteiger partial charge in [0.25, 0.3) is 0 Å². The number of hydrogen-bond acceptors (Lipinski definition) is 5. The van der Waals surface area contributed by atoms with Crippen molar-refractivity contribution in [3.8, 4) is 22.6 Å². The normalized spacial score (nSPS) is 12.7. The van der Waals surface area contributed by atoms with Crippen LogP contribution in [0.25, 0.3) is 11.1 Å². The lowest BCUT2D eigenvalue weighted by atomic mass is 9.96. The summed E-state index contributed by atoms with van der Waals surface area (Å²) >= 11 is 0. The van der Waals surface area contributed by atoms with E-state index in [1.54, 1.807) is 12.1 Å². The van der Waals surface area contributed by atoms with Crippen molar-refractivity contribution >= 4 is 11.9 Å². The molecule has 3 aromatic carbocycles. The number of unbranched alkanes of at least 4 members (excludes halogenated alkanes) is 8. The van der Waals surface area contributed by atoms with Gasteiger partial charge in [-0.15, -0.1) is 0 Å². The summed E-state index contributed by atoms with van der Waals surface area (Å²) in [6.07, 6.45) is 4.14. The average Bonchev–Trinajstić information content (AvgIpc) is 3.05. The minimum Gasteiger partial charge on any atom is -0.494 e. The van der Waals surface area contributed by atoms with Crippen LogP contribution in [-0.2, 0) is 4.74 Å². The molecular formula is C38H47F3O5. The Hall–Kier alpha value is -3.81. The lowest BCUT2D eigenvalue weighted by Crippen LogP contribution is -2.39. The number of carbonyl (C=O) groups excluding carboxylic acids is 2. The Kier molecular flexibility index (Phi) is 15.1. The van der Waals surface area contributed by atoms with Crippen molar-refractivity contribution in [2.24, 2.45) is 5.92 Å². The average molecular weight is 641 g/mol. The van der Waals surface area contributed by atoms with Gasteiger partial charge in [0, 0.05) is 5.92 Å². The first-order chi connectivity index (χ1) is 22.1. The second-order valence-corrected chi connectivity index (χ2v) is 11.8. The number of esters is 2. The maximum Gasteiger partial charge on any atom is 0.425 e. The summed E-state index contributed by atoms with van der Waals surface area (Å²) in [6, 6.07) is 20.1. The van der Waals surface area contributed by atoms with E-state index in [9.17, 15) is 22.8 Å². The van der Waals surface area contributed by atoms with Crippen molar-refractivity contribution in [1.82, 2.24) is 0 Å². The van der Waals surface area contributed by atoms with Gasteiger partial charge in [-0.25, -0.2) is 9.59 Å². The molecule has 0 spiro atoms. The quantitative estimate of drug-likeness (QED) is 0.0741. The van der Waals surface area contributed by atoms with E-state index in [-0.39, 0.29) is 11.3 Å². The Morgan fingerprint density at radius 1 is 0.630 bits per heavy atom. The van der Waals surface area contributed by atoms with E-state index in [2.05, 4.69) is 6.92 Å². The Labute approximate surface area is 271 Å². The highest BCUT2D eigenvalue weighted by molar-refractivity contribution is 5.92. The first-order valence-corrected chi connectivity index (χ1v) is 16.6. The van der Waals surface area contributed by atoms with E-state index >= 15 is 0 Å². The van der Waals surface area contributed by atoms with Crippen LogP contribution in [0.1, 0.15) is 112 Å². The van der Waals surface area contributed by atoms with Crippen LogP contribution in [0.15, 0.2) is 72.8 Å². The molecule has 5 nitrogen and oxygen atoms in total. The molecule has 0 N–H and O–H groups in total. The second-order valence-electron chi connectivity index (χ2n) is 11.8. The zero-order chi connectivity index (χ0) is 33.4. The van der Waals surface area contributed by atoms with Crippen molar-refractivity contribution in [3.63, 3.8) is 0 Å². The van der Waals surface area contributed by atoms with Crippen LogP contribution < -0.4 is 9.47 Å². The standard InChI is InChI=1S/C38H47F3O5/c1-4-6-8-10-11-13-27-44-33-23-19-30(20-24-33)29-15-17-31(18-16-29)36(42)45-34-25-21-32(22-26-34)37(43)46-35(38(39,40)41)28(3)14-12-9-7-5-2/h15-26,28,35H,4-14,27H2,1-3H3/t28-,35+/m0/s1. The minimum absolute atomic E-state index is 0.0598. The second kappa shape index (κ2) is 19.0. The van der Waals surface area contributed by atoms with Crippen LogP contribution >= 0.6 is 0 Å². The molecule has 0 amide bonds. The highest BCUT2D eigenvalue weighted by Crippen LogP contribution is 2.32. The fraction of sp³-hybridized carbons (Fsp3) is 0.474. The van der Waals surface area contributed by atoms with Crippen LogP contribution in [0.5, 0.6) is 11.5 Å². The van der Waals surface area contributed by atoms with Crippen molar-refractivity contribution in [2.45, 2.75) is 104 Å². The molecule has 8 heteroatoms. The van der Waals surface area contributed by atoms with E-state index in [0.717, 1.165) is 42.6 Å². The number of carbonyl (C=O) groups is 2. The van der Waals surface area contributed by atoms with Crippen LogP contribution in [0.4, 0.5) is 13.2 Å². The third kappa shape index (κ3) is 12.2. The van der Waals surface area contributed by atoms with E-state index < -0.39 is 30.1 Å². The molecule has 0 saturated heterocycles. The minimum atomic E-state index is -4.67. The third-order valence-electron chi connectivity index (χ3n) is 7.96. The fourth-order valence-corrected chi connectivity index (χ4v) is 5.17. The fourth-order valence-electron chi connectivity index (χ4n) is 5.17. The van der Waals surface area contributed by atoms with Gasteiger partial charge in [0.2, 0.25) is 0 Å². The van der Waals surface area contributed by atoms with Gasteiger partial charge >= 0.3 is 18.1 Å². The van der Waals surface area contributed by atoms with Crippen LogP contribution in [0, 0.1) is 5.92 Å². The lowest BCUT2D eigenvalue weighted by molar-refractivity contribution is -0.218. The van der Waals surface area contributed by atoms with Crippen molar-refractivity contribution < 1.29 is 37.0 Å². The molecule has 3 aromatic rings. The molecule has 0 saturated carbocycles. The Morgan fingerprint density at radius 2 is 1.11 bits per heavy atom. The van der Waals surface area contributed by atoms with Gasteiger partial charge in [-0.1, -0.05) is 103 Å². The summed E-state index contributed by atoms with van der Waals surface area (Å²) in [5, 5.41) is 0. The maximum absolute atomic E-state index is 13.7. The van der Waals surface area contributed by atoms with E-state index in [4.69, 9.17) is 14.2 Å². The Morgan fingerprint density at radius 3 is 1.70 bits per heavy atom. The van der Waals surface area contributed by atoms with Gasteiger partial charge in [-0.2, -0.15) is 13.2 Å². The van der Waals surface area contributed by atoms with Gasteiger partial charge in [-0.05, 0) is 72.5 Å². The number of rotatable bonds is 19. The Balaban J connectivity index is 1.50. The zero-order valence-corrected chi connectivity index (χ0v) is 27.2. The van der Waals surface area contributed by atoms with Crippen LogP contribution in [0.3, 0.4) is 0 Å². The number of alkyl halides is 3. The summed E-state index contributed by atoms with van der Waals surface area (Å²) in [6.45, 7) is 6.39. The molecule has 250 valence electrons. The molecule has 0 radical (unpaired) electrons. The molecular weight excluding hydrogens is 593 g/mol. The molecule has 2 atom stereocenters. The summed E-state index contributed by atoms with van der Waals surface area (Å²) < 4.78 is 57.2. The van der Waals surface area contributed by atoms with E-state index in [0.29, 0.717) is 25.0 Å². The Bertz CT molecular complexity index is 1320. The lowest BCUT2D eigenvalue weighted by Gasteiger charge is -2.26. The van der Waals surface area contributed by atoms with E-state index in [1.165, 1.54) is 63.3 Å². The molecule has 0 fully saturated rings. The topological polar surface area (TPSA) is 61.8 Å². The number of halogens is 3. The zero-order valence-electron chi connectivity index (χ0n) is 27.2. The summed E-state index contributed by atoms with van der Waals surface area (Å²) in [7, 11) is 0. The summed E-state index contributed by atoms with van der Waals surface area (Å²) in [4.78, 5) is 25.3. The van der Waals surface area contributed by atoms with Crippen LogP contribution in [-0.4, -0.2) is 30.8 Å². The monoisotopic (exact) mass is 640 g/mol. The van der Waals surface area contributed by atoms with Gasteiger partial charge < -0.3 is 14.2 Å². The molecule has 0 aliphatic rings. The van der Waals surface area contributed by atoms with Crippen molar-refractivity contribution in [2.75, 3.05) is 6.61 Å². The molecule has 0 heterocycles. The molecule has 3 rings (SSSR count). The summed E-state index contributed by atoms with van der Waals surface area (Å²) in [5.41, 5.74) is 2.17. The largest absolute Gasteiger partial charge is 0.494 e. The first kappa shape index (κ1) is 36.7. The van der Waals surface area contributed by atoms with Gasteiger partial charge in [-0.3, -0.25) is 0 Å². The first-order valence-electron chi connectivity index (χ1n) is 16.6. The van der Waals surface area contributed by atoms with Crippen LogP contribution in [0.2, 0.25) is 0 Å². The van der Waals surface area contributed by atoms with E-state index in [1.807, 2.05) is 43.3 Å². The predicted octanol–water partition coefficient (Wildman–Crippen LogP) is 11.0. The van der Waals surface area contributed by atoms with Crippen molar-refractivity contribution in [1.29, 1.82) is 0 Å². The third-order valence-corrected chi connectivity index (χ3v) is 7.96. The van der Waals surface area contributed by atoms with Crippen molar-refractivity contribution in [3.05, 3.63) is 83.9 Å². The number of ether oxygens (including phenoxy) is 3. The number of hydrogen-bond donors (Lipinski definition) is 0. The predicted molar refractivity (Wildman–Crippen MR) is 175 cm³/mol. The highest BCUT2D eigenvalue weighted by atomic mass is 19.4. The smallest absolute Gasteiger partial charge is 0.425 e. The maximum atomic E-state index is 13.7. The molecule has 0 bridgehead atoms. The van der Waals surface area contributed by atoms with Gasteiger partial charge in [0.05, 0.1) is 17.7 Å². The summed E-state index contributed by atoms with van der Waals surface area (Å²) in [5.74, 6) is -1.56. The highest BCUT2D eigenvalue weighted by Gasteiger charge is 2.46. The van der Waals surface area contributed by atoms with Gasteiger partial charge in [0.15, 0.2) is 6.10 Å². The molecule has 0 aromatic heterocycles.